The Morgan fingerprint density at radius 2 is 1.97 bits per heavy atom. The number of anilines is 2. The molecule has 0 aliphatic carbocycles. The summed E-state index contributed by atoms with van der Waals surface area (Å²) in [4.78, 5) is 8.56. The van der Waals surface area contributed by atoms with Crippen LogP contribution in [-0.4, -0.2) is 17.1 Å². The summed E-state index contributed by atoms with van der Waals surface area (Å²) < 4.78 is 26.3. The second kappa shape index (κ2) is 8.98. The van der Waals surface area contributed by atoms with Crippen molar-refractivity contribution in [3.63, 3.8) is 0 Å². The highest BCUT2D eigenvalue weighted by molar-refractivity contribution is 9.10. The van der Waals surface area contributed by atoms with Crippen molar-refractivity contribution in [3.05, 3.63) is 82.3 Å². The molecule has 4 rings (SSSR count). The fourth-order valence-corrected chi connectivity index (χ4v) is 3.38. The third kappa shape index (κ3) is 4.57. The van der Waals surface area contributed by atoms with Crippen LogP contribution in [0.15, 0.2) is 65.4 Å². The maximum atomic E-state index is 14.3. The van der Waals surface area contributed by atoms with Crippen LogP contribution in [0.1, 0.15) is 11.1 Å². The molecule has 1 heterocycles. The van der Waals surface area contributed by atoms with E-state index in [9.17, 15) is 4.39 Å². The Labute approximate surface area is 186 Å². The van der Waals surface area contributed by atoms with E-state index in [1.807, 2.05) is 6.07 Å². The topological polar surface area (TPSA) is 80.1 Å². The summed E-state index contributed by atoms with van der Waals surface area (Å²) in [5.41, 5.74) is 2.32. The van der Waals surface area contributed by atoms with Crippen LogP contribution in [0, 0.1) is 17.1 Å². The lowest BCUT2D eigenvalue weighted by Gasteiger charge is -2.14. The molecule has 0 unspecified atom stereocenters. The SMILES string of the molecule is COc1cc2c(Nc3ccc(Br)cc3F)ncnc2cc1OCc1cccc(C#N)c1. The Morgan fingerprint density at radius 3 is 2.74 bits per heavy atom. The van der Waals surface area contributed by atoms with Crippen molar-refractivity contribution in [2.24, 2.45) is 0 Å². The Hall–Kier alpha value is -3.70. The Kier molecular flexibility index (Phi) is 5.96. The molecule has 4 aromatic rings. The summed E-state index contributed by atoms with van der Waals surface area (Å²) in [6.07, 6.45) is 1.40. The normalized spacial score (nSPS) is 10.5. The van der Waals surface area contributed by atoms with E-state index in [0.29, 0.717) is 43.9 Å². The van der Waals surface area contributed by atoms with Crippen LogP contribution in [0.25, 0.3) is 10.9 Å². The molecule has 6 nitrogen and oxygen atoms in total. The van der Waals surface area contributed by atoms with Crippen molar-refractivity contribution in [3.8, 4) is 17.6 Å². The number of aromatic nitrogens is 2. The summed E-state index contributed by atoms with van der Waals surface area (Å²) in [5.74, 6) is 1.01. The lowest BCUT2D eigenvalue weighted by Crippen LogP contribution is -2.01. The monoisotopic (exact) mass is 478 g/mol. The molecule has 0 fully saturated rings. The van der Waals surface area contributed by atoms with Crippen LogP contribution in [0.4, 0.5) is 15.9 Å². The number of nitrogens with one attached hydrogen (secondary N) is 1. The van der Waals surface area contributed by atoms with Crippen LogP contribution in [0.5, 0.6) is 11.5 Å². The van der Waals surface area contributed by atoms with E-state index in [1.54, 1.807) is 42.5 Å². The standard InChI is InChI=1S/C23H16BrFN4O2/c1-30-21-9-17-20(10-22(21)31-12-15-4-2-3-14(7-15)11-26)27-13-28-23(17)29-19-6-5-16(24)8-18(19)25/h2-10,13H,12H2,1H3,(H,27,28,29). The molecule has 3 aromatic carbocycles. The van der Waals surface area contributed by atoms with Crippen LogP contribution in [0.3, 0.4) is 0 Å². The second-order valence-corrected chi connectivity index (χ2v) is 7.51. The molecule has 1 N–H and O–H groups in total. The molecule has 0 amide bonds. The van der Waals surface area contributed by atoms with Gasteiger partial charge in [-0.05, 0) is 42.0 Å². The molecule has 0 bridgehead atoms. The second-order valence-electron chi connectivity index (χ2n) is 6.59. The summed E-state index contributed by atoms with van der Waals surface area (Å²) >= 11 is 3.25. The number of benzene rings is 3. The van der Waals surface area contributed by atoms with Crippen molar-refractivity contribution >= 4 is 38.3 Å². The van der Waals surface area contributed by atoms with Crippen LogP contribution < -0.4 is 14.8 Å². The van der Waals surface area contributed by atoms with E-state index in [1.165, 1.54) is 19.5 Å². The highest BCUT2D eigenvalue weighted by atomic mass is 79.9. The van der Waals surface area contributed by atoms with Gasteiger partial charge < -0.3 is 14.8 Å². The first-order valence-electron chi connectivity index (χ1n) is 9.24. The van der Waals surface area contributed by atoms with Crippen molar-refractivity contribution in [2.75, 3.05) is 12.4 Å². The molecular formula is C23H16BrFN4O2. The fraction of sp³-hybridized carbons (Fsp3) is 0.0870. The van der Waals surface area contributed by atoms with E-state index in [4.69, 9.17) is 14.7 Å². The van der Waals surface area contributed by atoms with Gasteiger partial charge in [-0.3, -0.25) is 0 Å². The molecule has 31 heavy (non-hydrogen) atoms. The zero-order chi connectivity index (χ0) is 21.8. The van der Waals surface area contributed by atoms with Gasteiger partial charge in [-0.15, -0.1) is 0 Å². The summed E-state index contributed by atoms with van der Waals surface area (Å²) in [6, 6.07) is 17.5. The summed E-state index contributed by atoms with van der Waals surface area (Å²) in [6.45, 7) is 0.262. The van der Waals surface area contributed by atoms with E-state index in [-0.39, 0.29) is 6.61 Å². The minimum absolute atomic E-state index is 0.262. The van der Waals surface area contributed by atoms with Crippen molar-refractivity contribution in [1.82, 2.24) is 9.97 Å². The minimum atomic E-state index is -0.410. The van der Waals surface area contributed by atoms with Gasteiger partial charge in [-0.2, -0.15) is 5.26 Å². The van der Waals surface area contributed by atoms with Gasteiger partial charge in [0.05, 0.1) is 29.9 Å². The Balaban J connectivity index is 1.65. The molecule has 0 aliphatic rings. The number of rotatable bonds is 6. The van der Waals surface area contributed by atoms with E-state index < -0.39 is 5.82 Å². The Morgan fingerprint density at radius 1 is 1.10 bits per heavy atom. The first-order chi connectivity index (χ1) is 15.1. The quantitative estimate of drug-likeness (QED) is 0.380. The lowest BCUT2D eigenvalue weighted by atomic mass is 10.1. The Bertz CT molecular complexity index is 1310. The van der Waals surface area contributed by atoms with E-state index in [2.05, 4.69) is 37.3 Å². The van der Waals surface area contributed by atoms with E-state index in [0.717, 1.165) is 5.56 Å². The number of halogens is 2. The number of fused-ring (bicyclic) bond motifs is 1. The number of nitriles is 1. The highest BCUT2D eigenvalue weighted by Gasteiger charge is 2.13. The van der Waals surface area contributed by atoms with Gasteiger partial charge >= 0.3 is 0 Å². The predicted octanol–water partition coefficient (Wildman–Crippen LogP) is 5.73. The lowest BCUT2D eigenvalue weighted by molar-refractivity contribution is 0.285. The van der Waals surface area contributed by atoms with Gasteiger partial charge in [0.15, 0.2) is 11.5 Å². The molecule has 0 saturated carbocycles. The van der Waals surface area contributed by atoms with Crippen molar-refractivity contribution < 1.29 is 13.9 Å². The molecular weight excluding hydrogens is 463 g/mol. The molecule has 8 heteroatoms. The molecule has 0 aliphatic heterocycles. The molecule has 0 radical (unpaired) electrons. The molecule has 1 aromatic heterocycles. The first kappa shape index (κ1) is 20.6. The largest absolute Gasteiger partial charge is 0.493 e. The van der Waals surface area contributed by atoms with Gasteiger partial charge in [0, 0.05) is 15.9 Å². The third-order valence-electron chi connectivity index (χ3n) is 4.56. The number of hydrogen-bond acceptors (Lipinski definition) is 6. The van der Waals surface area contributed by atoms with Gasteiger partial charge in [-0.1, -0.05) is 28.1 Å². The number of hydrogen-bond donors (Lipinski definition) is 1. The van der Waals surface area contributed by atoms with Gasteiger partial charge in [0.1, 0.15) is 24.6 Å². The van der Waals surface area contributed by atoms with Crippen LogP contribution >= 0.6 is 15.9 Å². The third-order valence-corrected chi connectivity index (χ3v) is 5.05. The molecule has 154 valence electrons. The summed E-state index contributed by atoms with van der Waals surface area (Å²) in [5, 5.41) is 12.7. The van der Waals surface area contributed by atoms with Gasteiger partial charge in [0.25, 0.3) is 0 Å². The molecule has 0 saturated heterocycles. The molecule has 0 atom stereocenters. The smallest absolute Gasteiger partial charge is 0.163 e. The summed E-state index contributed by atoms with van der Waals surface area (Å²) in [7, 11) is 1.54. The maximum absolute atomic E-state index is 14.3. The zero-order valence-electron chi connectivity index (χ0n) is 16.4. The van der Waals surface area contributed by atoms with Gasteiger partial charge in [0.2, 0.25) is 0 Å². The first-order valence-corrected chi connectivity index (χ1v) is 10.0. The average Bonchev–Trinajstić information content (AvgIpc) is 2.79. The minimum Gasteiger partial charge on any atom is -0.493 e. The average molecular weight is 479 g/mol. The number of ether oxygens (including phenoxy) is 2. The van der Waals surface area contributed by atoms with Crippen LogP contribution in [0.2, 0.25) is 0 Å². The van der Waals surface area contributed by atoms with Crippen molar-refractivity contribution in [1.29, 1.82) is 5.26 Å². The highest BCUT2D eigenvalue weighted by Crippen LogP contribution is 2.35. The van der Waals surface area contributed by atoms with Gasteiger partial charge in [-0.25, -0.2) is 14.4 Å². The fourth-order valence-electron chi connectivity index (χ4n) is 3.05. The maximum Gasteiger partial charge on any atom is 0.163 e. The van der Waals surface area contributed by atoms with E-state index >= 15 is 0 Å². The predicted molar refractivity (Wildman–Crippen MR) is 119 cm³/mol. The molecule has 0 spiro atoms. The number of nitrogens with zero attached hydrogens (tertiary/aromatic N) is 3. The zero-order valence-corrected chi connectivity index (χ0v) is 18.0. The van der Waals surface area contributed by atoms with Crippen LogP contribution in [-0.2, 0) is 6.61 Å². The van der Waals surface area contributed by atoms with Crippen molar-refractivity contribution in [2.45, 2.75) is 6.61 Å². The number of methoxy groups -OCH3 is 1.